The molecule has 0 unspecified atom stereocenters. The smallest absolute Gasteiger partial charge is 0.316 e. The number of nitrogens with two attached hydrogens (primary N) is 1. The zero-order chi connectivity index (χ0) is 5.70. The number of thiol groups is 1. The molecule has 0 bridgehead atoms. The summed E-state index contributed by atoms with van der Waals surface area (Å²) in [5.74, 6) is -0.289. The molecule has 0 spiro atoms. The molecule has 0 rings (SSSR count). The van der Waals surface area contributed by atoms with Crippen molar-refractivity contribution in [1.82, 2.24) is 0 Å². The number of hydrogen-bond donors (Lipinski definition) is 2. The summed E-state index contributed by atoms with van der Waals surface area (Å²) in [4.78, 5) is 10.0. The molecular weight excluding hydrogens is 114 g/mol. The van der Waals surface area contributed by atoms with Crippen LogP contribution >= 0.6 is 12.6 Å². The molecule has 3 nitrogen and oxygen atoms in total. The monoisotopic (exact) mass is 121 g/mol. The van der Waals surface area contributed by atoms with Crippen molar-refractivity contribution in [2.75, 3.05) is 12.5 Å². The van der Waals surface area contributed by atoms with Crippen molar-refractivity contribution in [1.29, 1.82) is 0 Å². The van der Waals surface area contributed by atoms with Gasteiger partial charge in [-0.25, -0.2) is 0 Å². The van der Waals surface area contributed by atoms with Crippen molar-refractivity contribution in [2.45, 2.75) is 0 Å². The van der Waals surface area contributed by atoms with Crippen molar-refractivity contribution < 1.29 is 9.53 Å². The Morgan fingerprint density at radius 1 is 1.86 bits per heavy atom. The topological polar surface area (TPSA) is 52.3 Å². The Morgan fingerprint density at radius 3 is 2.57 bits per heavy atom. The van der Waals surface area contributed by atoms with Crippen LogP contribution in [0.5, 0.6) is 0 Å². The summed E-state index contributed by atoms with van der Waals surface area (Å²) in [6.45, 7) is -0.0562. The SMILES string of the molecule is NCOC(=O)CS. The number of hydrogen-bond acceptors (Lipinski definition) is 4. The molecule has 0 radical (unpaired) electrons. The van der Waals surface area contributed by atoms with Crippen molar-refractivity contribution >= 4 is 18.6 Å². The van der Waals surface area contributed by atoms with E-state index in [1.807, 2.05) is 0 Å². The van der Waals surface area contributed by atoms with E-state index in [9.17, 15) is 4.79 Å². The fourth-order valence-electron chi connectivity index (χ4n) is 0.139. The maximum Gasteiger partial charge on any atom is 0.316 e. The normalized spacial score (nSPS) is 8.29. The van der Waals surface area contributed by atoms with Crippen LogP contribution in [0, 0.1) is 0 Å². The summed E-state index contributed by atoms with van der Waals surface area (Å²) in [6, 6.07) is 0. The Morgan fingerprint density at radius 2 is 2.43 bits per heavy atom. The van der Waals surface area contributed by atoms with Crippen LogP contribution in [0.1, 0.15) is 0 Å². The number of rotatable bonds is 2. The molecule has 0 aromatic carbocycles. The second-order valence-electron chi connectivity index (χ2n) is 0.841. The number of carbonyl (C=O) groups is 1. The van der Waals surface area contributed by atoms with E-state index in [1.165, 1.54) is 0 Å². The van der Waals surface area contributed by atoms with Gasteiger partial charge in [-0.05, 0) is 0 Å². The molecule has 42 valence electrons. The first-order valence-electron chi connectivity index (χ1n) is 1.77. The highest BCUT2D eigenvalue weighted by molar-refractivity contribution is 7.81. The molecule has 0 aliphatic carbocycles. The number of carbonyl (C=O) groups excluding carboxylic acids is 1. The van der Waals surface area contributed by atoms with Gasteiger partial charge < -0.3 is 4.74 Å². The third-order valence-electron chi connectivity index (χ3n) is 0.373. The molecule has 0 aromatic rings. The van der Waals surface area contributed by atoms with Gasteiger partial charge in [0, 0.05) is 0 Å². The zero-order valence-corrected chi connectivity index (χ0v) is 4.65. The average molecular weight is 121 g/mol. The van der Waals surface area contributed by atoms with Gasteiger partial charge in [0.25, 0.3) is 0 Å². The average Bonchev–Trinajstić information content (AvgIpc) is 1.68. The van der Waals surface area contributed by atoms with Gasteiger partial charge in [0.05, 0.1) is 5.75 Å². The molecule has 2 N–H and O–H groups in total. The molecule has 0 aromatic heterocycles. The molecule has 0 fully saturated rings. The molecule has 0 saturated carbocycles. The Bertz CT molecular complexity index is 66.0. The summed E-state index contributed by atoms with van der Waals surface area (Å²) in [6.07, 6.45) is 0. The van der Waals surface area contributed by atoms with Crippen LogP contribution in [0.4, 0.5) is 0 Å². The largest absolute Gasteiger partial charge is 0.449 e. The third-order valence-corrected chi connectivity index (χ3v) is 0.632. The van der Waals surface area contributed by atoms with Crippen molar-refractivity contribution in [2.24, 2.45) is 5.73 Å². The van der Waals surface area contributed by atoms with Crippen LogP contribution < -0.4 is 5.73 Å². The number of ether oxygens (including phenoxy) is 1. The van der Waals surface area contributed by atoms with Gasteiger partial charge in [-0.2, -0.15) is 12.6 Å². The highest BCUT2D eigenvalue weighted by atomic mass is 32.1. The molecule has 0 atom stereocenters. The minimum absolute atomic E-state index is 0.0562. The van der Waals surface area contributed by atoms with E-state index in [1.54, 1.807) is 0 Å². The standard InChI is InChI=1S/C3H7NO2S/c4-2-6-3(5)1-7/h7H,1-2,4H2. The van der Waals surface area contributed by atoms with Gasteiger partial charge in [-0.1, -0.05) is 0 Å². The predicted molar refractivity (Wildman–Crippen MR) is 29.0 cm³/mol. The minimum atomic E-state index is -0.383. The molecule has 0 saturated heterocycles. The lowest BCUT2D eigenvalue weighted by Crippen LogP contribution is -2.12. The van der Waals surface area contributed by atoms with Crippen LogP contribution in [-0.4, -0.2) is 18.5 Å². The highest BCUT2D eigenvalue weighted by Gasteiger charge is 1.92. The molecule has 0 aliphatic heterocycles. The lowest BCUT2D eigenvalue weighted by atomic mass is 10.8. The third kappa shape index (κ3) is 3.61. The molecule has 0 heterocycles. The van der Waals surface area contributed by atoms with E-state index in [0.29, 0.717) is 0 Å². The van der Waals surface area contributed by atoms with Crippen LogP contribution in [0.15, 0.2) is 0 Å². The fourth-order valence-corrected chi connectivity index (χ4v) is 0.230. The molecule has 0 amide bonds. The molecular formula is C3H7NO2S. The first-order chi connectivity index (χ1) is 3.31. The Hall–Kier alpha value is -0.220. The molecule has 4 heteroatoms. The highest BCUT2D eigenvalue weighted by Crippen LogP contribution is 1.76. The molecule has 0 aliphatic rings. The predicted octanol–water partition coefficient (Wildman–Crippen LogP) is -0.624. The second-order valence-corrected chi connectivity index (χ2v) is 1.16. The van der Waals surface area contributed by atoms with Gasteiger partial charge in [-0.15, -0.1) is 0 Å². The lowest BCUT2D eigenvalue weighted by Gasteiger charge is -1.93. The summed E-state index contributed by atoms with van der Waals surface area (Å²) in [5.41, 5.74) is 4.83. The summed E-state index contributed by atoms with van der Waals surface area (Å²) < 4.78 is 4.25. The summed E-state index contributed by atoms with van der Waals surface area (Å²) >= 11 is 3.62. The van der Waals surface area contributed by atoms with E-state index in [4.69, 9.17) is 5.73 Å². The van der Waals surface area contributed by atoms with Gasteiger partial charge in [0.2, 0.25) is 0 Å². The van der Waals surface area contributed by atoms with Gasteiger partial charge in [-0.3, -0.25) is 10.5 Å². The Kier molecular flexibility index (Phi) is 3.83. The maximum absolute atomic E-state index is 10.0. The zero-order valence-electron chi connectivity index (χ0n) is 3.76. The van der Waals surface area contributed by atoms with E-state index >= 15 is 0 Å². The summed E-state index contributed by atoms with van der Waals surface area (Å²) in [5, 5.41) is 0. The molecule has 7 heavy (non-hydrogen) atoms. The first kappa shape index (κ1) is 6.78. The van der Waals surface area contributed by atoms with Crippen LogP contribution in [0.3, 0.4) is 0 Å². The second kappa shape index (κ2) is 3.95. The van der Waals surface area contributed by atoms with Crippen molar-refractivity contribution in [3.05, 3.63) is 0 Å². The lowest BCUT2D eigenvalue weighted by molar-refractivity contribution is -0.140. The quantitative estimate of drug-likeness (QED) is 0.291. The number of esters is 1. The van der Waals surface area contributed by atoms with Gasteiger partial charge >= 0.3 is 5.97 Å². The van der Waals surface area contributed by atoms with E-state index in [2.05, 4.69) is 17.4 Å². The minimum Gasteiger partial charge on any atom is -0.449 e. The Labute approximate surface area is 47.2 Å². The van der Waals surface area contributed by atoms with E-state index in [0.717, 1.165) is 0 Å². The van der Waals surface area contributed by atoms with Crippen molar-refractivity contribution in [3.8, 4) is 0 Å². The maximum atomic E-state index is 10.0. The van der Waals surface area contributed by atoms with Gasteiger partial charge in [0.1, 0.15) is 6.73 Å². The summed E-state index contributed by atoms with van der Waals surface area (Å²) in [7, 11) is 0. The first-order valence-corrected chi connectivity index (χ1v) is 2.41. The van der Waals surface area contributed by atoms with E-state index in [-0.39, 0.29) is 18.5 Å². The Balaban J connectivity index is 3.00. The fraction of sp³-hybridized carbons (Fsp3) is 0.667. The van der Waals surface area contributed by atoms with Crippen LogP contribution in [0.2, 0.25) is 0 Å². The van der Waals surface area contributed by atoms with Crippen LogP contribution in [0.25, 0.3) is 0 Å². The van der Waals surface area contributed by atoms with Crippen molar-refractivity contribution in [3.63, 3.8) is 0 Å². The van der Waals surface area contributed by atoms with Gasteiger partial charge in [0.15, 0.2) is 0 Å². The van der Waals surface area contributed by atoms with Crippen LogP contribution in [-0.2, 0) is 9.53 Å². The van der Waals surface area contributed by atoms with E-state index < -0.39 is 0 Å².